The molecule has 5 heteroatoms. The van der Waals surface area contributed by atoms with Crippen molar-refractivity contribution in [3.05, 3.63) is 23.9 Å². The normalized spacial score (nSPS) is 15.2. The minimum atomic E-state index is 0.737. The van der Waals surface area contributed by atoms with E-state index < -0.39 is 0 Å². The second-order valence-corrected chi connectivity index (χ2v) is 6.89. The highest BCUT2D eigenvalue weighted by Gasteiger charge is 2.19. The van der Waals surface area contributed by atoms with Gasteiger partial charge in [-0.25, -0.2) is 0 Å². The monoisotopic (exact) mass is 343 g/mol. The van der Waals surface area contributed by atoms with Crippen LogP contribution < -0.4 is 14.8 Å². The van der Waals surface area contributed by atoms with E-state index in [1.54, 1.807) is 14.2 Å². The number of aryl methyl sites for hydroxylation is 2. The molecule has 0 radical (unpaired) electrons. The fourth-order valence-electron chi connectivity index (χ4n) is 3.83. The van der Waals surface area contributed by atoms with Crippen LogP contribution in [0, 0.1) is 12.8 Å². The van der Waals surface area contributed by atoms with Gasteiger partial charge in [-0.2, -0.15) is 5.10 Å². The third kappa shape index (κ3) is 3.75. The second-order valence-electron chi connectivity index (χ2n) is 6.89. The minimum Gasteiger partial charge on any atom is -0.493 e. The minimum absolute atomic E-state index is 0.737. The van der Waals surface area contributed by atoms with E-state index in [9.17, 15) is 0 Å². The molecule has 25 heavy (non-hydrogen) atoms. The van der Waals surface area contributed by atoms with E-state index >= 15 is 0 Å². The molecule has 0 saturated heterocycles. The van der Waals surface area contributed by atoms with Gasteiger partial charge in [-0.05, 0) is 43.4 Å². The molecule has 1 N–H and O–H groups in total. The van der Waals surface area contributed by atoms with Crippen molar-refractivity contribution in [1.29, 1.82) is 0 Å². The van der Waals surface area contributed by atoms with E-state index in [0.29, 0.717) is 0 Å². The van der Waals surface area contributed by atoms with Crippen LogP contribution >= 0.6 is 0 Å². The number of aromatic nitrogens is 2. The fraction of sp³-hybridized carbons (Fsp3) is 0.550. The lowest BCUT2D eigenvalue weighted by atomic mass is 9.89. The molecule has 1 aliphatic rings. The summed E-state index contributed by atoms with van der Waals surface area (Å²) in [5.41, 5.74) is 3.24. The van der Waals surface area contributed by atoms with Gasteiger partial charge in [0.2, 0.25) is 0 Å². The molecule has 1 aliphatic carbocycles. The lowest BCUT2D eigenvalue weighted by Gasteiger charge is -2.22. The molecule has 0 spiro atoms. The maximum Gasteiger partial charge on any atom is 0.161 e. The summed E-state index contributed by atoms with van der Waals surface area (Å²) in [6, 6.07) is 6.04. The van der Waals surface area contributed by atoms with E-state index in [4.69, 9.17) is 9.47 Å². The largest absolute Gasteiger partial charge is 0.493 e. The van der Waals surface area contributed by atoms with Crippen molar-refractivity contribution in [2.45, 2.75) is 39.0 Å². The summed E-state index contributed by atoms with van der Waals surface area (Å²) < 4.78 is 12.8. The van der Waals surface area contributed by atoms with Gasteiger partial charge in [0.25, 0.3) is 0 Å². The van der Waals surface area contributed by atoms with Crippen LogP contribution in [0.1, 0.15) is 37.8 Å². The van der Waals surface area contributed by atoms with E-state index in [2.05, 4.69) is 23.4 Å². The predicted octanol–water partition coefficient (Wildman–Crippen LogP) is 4.40. The van der Waals surface area contributed by atoms with E-state index in [-0.39, 0.29) is 0 Å². The molecular weight excluding hydrogens is 314 g/mol. The third-order valence-corrected chi connectivity index (χ3v) is 5.18. The maximum atomic E-state index is 5.47. The van der Waals surface area contributed by atoms with Gasteiger partial charge < -0.3 is 14.8 Å². The van der Waals surface area contributed by atoms with Crippen molar-refractivity contribution >= 4 is 5.82 Å². The molecule has 0 bridgehead atoms. The summed E-state index contributed by atoms with van der Waals surface area (Å²) in [5, 5.41) is 8.30. The van der Waals surface area contributed by atoms with E-state index in [1.165, 1.54) is 32.1 Å². The number of anilines is 1. The lowest BCUT2D eigenvalue weighted by molar-refractivity contribution is 0.355. The number of nitrogens with zero attached hydrogens (tertiary/aromatic N) is 2. The molecule has 0 unspecified atom stereocenters. The molecular formula is C20H29N3O2. The number of nitrogens with one attached hydrogen (secondary N) is 1. The van der Waals surface area contributed by atoms with Crippen molar-refractivity contribution in [3.63, 3.8) is 0 Å². The summed E-state index contributed by atoms with van der Waals surface area (Å²) in [4.78, 5) is 0. The molecule has 1 aromatic carbocycles. The van der Waals surface area contributed by atoms with E-state index in [1.807, 2.05) is 23.9 Å². The molecule has 0 aliphatic heterocycles. The zero-order valence-corrected chi connectivity index (χ0v) is 15.8. The first-order valence-corrected chi connectivity index (χ1v) is 9.14. The molecule has 1 fully saturated rings. The maximum absolute atomic E-state index is 5.47. The third-order valence-electron chi connectivity index (χ3n) is 5.18. The highest BCUT2D eigenvalue weighted by Crippen LogP contribution is 2.37. The van der Waals surface area contributed by atoms with Crippen LogP contribution in [0.15, 0.2) is 18.2 Å². The molecule has 1 aromatic heterocycles. The van der Waals surface area contributed by atoms with Crippen molar-refractivity contribution in [2.75, 3.05) is 26.1 Å². The fourth-order valence-corrected chi connectivity index (χ4v) is 3.83. The molecule has 136 valence electrons. The van der Waals surface area contributed by atoms with E-state index in [0.717, 1.165) is 46.6 Å². The van der Waals surface area contributed by atoms with Gasteiger partial charge in [0.05, 0.1) is 19.9 Å². The Morgan fingerprint density at radius 2 is 1.84 bits per heavy atom. The highest BCUT2D eigenvalue weighted by atomic mass is 16.5. The standard InChI is InChI=1S/C20H29N3O2/c1-14-19(16-10-11-17(24-3)18(12-16)25-4)20(23(2)22-14)21-13-15-8-6-5-7-9-15/h10-12,15,21H,5-9,13H2,1-4H3. The molecule has 2 aromatic rings. The Labute approximate surface area is 150 Å². The topological polar surface area (TPSA) is 48.3 Å². The van der Waals surface area contributed by atoms with Crippen LogP contribution in [0.25, 0.3) is 11.1 Å². The van der Waals surface area contributed by atoms with Gasteiger partial charge in [0, 0.05) is 19.2 Å². The average Bonchev–Trinajstić information content (AvgIpc) is 2.93. The predicted molar refractivity (Wildman–Crippen MR) is 102 cm³/mol. The molecule has 1 saturated carbocycles. The Morgan fingerprint density at radius 1 is 1.12 bits per heavy atom. The van der Waals surface area contributed by atoms with Gasteiger partial charge >= 0.3 is 0 Å². The van der Waals surface area contributed by atoms with Crippen LogP contribution in [0.2, 0.25) is 0 Å². The Balaban J connectivity index is 1.88. The Bertz CT molecular complexity index is 718. The summed E-state index contributed by atoms with van der Waals surface area (Å²) >= 11 is 0. The van der Waals surface area contributed by atoms with Crippen LogP contribution in [0.5, 0.6) is 11.5 Å². The van der Waals surface area contributed by atoms with Crippen molar-refractivity contribution in [3.8, 4) is 22.6 Å². The summed E-state index contributed by atoms with van der Waals surface area (Å²) in [5.74, 6) is 3.32. The quantitative estimate of drug-likeness (QED) is 0.844. The van der Waals surface area contributed by atoms with Crippen LogP contribution in [-0.2, 0) is 7.05 Å². The number of hydrogen-bond acceptors (Lipinski definition) is 4. The number of benzene rings is 1. The van der Waals surface area contributed by atoms with Crippen LogP contribution in [0.3, 0.4) is 0 Å². The van der Waals surface area contributed by atoms with Gasteiger partial charge in [-0.1, -0.05) is 25.3 Å². The molecule has 0 amide bonds. The van der Waals surface area contributed by atoms with Crippen molar-refractivity contribution in [1.82, 2.24) is 9.78 Å². The first-order valence-electron chi connectivity index (χ1n) is 9.14. The first kappa shape index (κ1) is 17.6. The Kier molecular flexibility index (Phi) is 5.51. The van der Waals surface area contributed by atoms with Gasteiger partial charge in [-0.15, -0.1) is 0 Å². The highest BCUT2D eigenvalue weighted by molar-refractivity contribution is 5.79. The van der Waals surface area contributed by atoms with Gasteiger partial charge in [0.1, 0.15) is 5.82 Å². The molecule has 0 atom stereocenters. The Morgan fingerprint density at radius 3 is 2.52 bits per heavy atom. The van der Waals surface area contributed by atoms with Crippen molar-refractivity contribution < 1.29 is 9.47 Å². The van der Waals surface area contributed by atoms with Gasteiger partial charge in [-0.3, -0.25) is 4.68 Å². The smallest absolute Gasteiger partial charge is 0.161 e. The zero-order chi connectivity index (χ0) is 17.8. The molecule has 5 nitrogen and oxygen atoms in total. The molecule has 3 rings (SSSR count). The number of methoxy groups -OCH3 is 2. The van der Waals surface area contributed by atoms with Crippen molar-refractivity contribution in [2.24, 2.45) is 13.0 Å². The second kappa shape index (κ2) is 7.81. The molecule has 1 heterocycles. The summed E-state index contributed by atoms with van der Waals surface area (Å²) in [6.45, 7) is 3.07. The zero-order valence-electron chi connectivity index (χ0n) is 15.8. The number of ether oxygens (including phenoxy) is 2. The first-order chi connectivity index (χ1) is 12.1. The average molecular weight is 343 g/mol. The van der Waals surface area contributed by atoms with Crippen LogP contribution in [-0.4, -0.2) is 30.5 Å². The summed E-state index contributed by atoms with van der Waals surface area (Å²) in [6.07, 6.45) is 6.77. The van der Waals surface area contributed by atoms with Crippen LogP contribution in [0.4, 0.5) is 5.82 Å². The van der Waals surface area contributed by atoms with Gasteiger partial charge in [0.15, 0.2) is 11.5 Å². The SMILES string of the molecule is COc1ccc(-c2c(C)nn(C)c2NCC2CCCCC2)cc1OC. The number of hydrogen-bond donors (Lipinski definition) is 1. The lowest BCUT2D eigenvalue weighted by Crippen LogP contribution is -2.18. The number of rotatable bonds is 6. The summed E-state index contributed by atoms with van der Waals surface area (Å²) in [7, 11) is 5.32. The Hall–Kier alpha value is -2.17.